The molecule has 1 aromatic rings. The second-order valence-corrected chi connectivity index (χ2v) is 3.68. The molecule has 0 aliphatic heterocycles. The van der Waals surface area contributed by atoms with Gasteiger partial charge >= 0.3 is 0 Å². The molecule has 0 bridgehead atoms. The zero-order valence-corrected chi connectivity index (χ0v) is 7.54. The van der Waals surface area contributed by atoms with E-state index in [0.29, 0.717) is 6.54 Å². The van der Waals surface area contributed by atoms with E-state index in [-0.39, 0.29) is 5.92 Å². The van der Waals surface area contributed by atoms with Gasteiger partial charge in [0.05, 0.1) is 0 Å². The molecule has 70 valence electrons. The first-order valence-electron chi connectivity index (χ1n) is 4.74. The summed E-state index contributed by atoms with van der Waals surface area (Å²) in [6.07, 6.45) is 1.33. The van der Waals surface area contributed by atoms with E-state index in [1.165, 1.54) is 0 Å². The molecule has 0 radical (unpaired) electrons. The van der Waals surface area contributed by atoms with Gasteiger partial charge in [-0.1, -0.05) is 24.3 Å². The molecule has 0 saturated heterocycles. The number of halogens is 1. The Hall–Kier alpha value is -0.890. The third-order valence-electron chi connectivity index (χ3n) is 2.57. The molecule has 1 aliphatic carbocycles. The minimum atomic E-state index is -0.758. The van der Waals surface area contributed by atoms with E-state index < -0.39 is 6.17 Å². The molecule has 13 heavy (non-hydrogen) atoms. The second kappa shape index (κ2) is 3.46. The van der Waals surface area contributed by atoms with Crippen LogP contribution >= 0.6 is 0 Å². The number of benzene rings is 1. The highest BCUT2D eigenvalue weighted by molar-refractivity contribution is 5.25. The maximum absolute atomic E-state index is 13.5. The minimum Gasteiger partial charge on any atom is -0.326 e. The van der Waals surface area contributed by atoms with Crippen molar-refractivity contribution in [2.45, 2.75) is 25.6 Å². The first kappa shape index (κ1) is 8.70. The molecule has 0 aromatic heterocycles. The van der Waals surface area contributed by atoms with Crippen molar-refractivity contribution in [3.05, 3.63) is 35.4 Å². The van der Waals surface area contributed by atoms with Gasteiger partial charge in [0.15, 0.2) is 0 Å². The van der Waals surface area contributed by atoms with Crippen LogP contribution in [0.3, 0.4) is 0 Å². The first-order valence-corrected chi connectivity index (χ1v) is 4.74. The Morgan fingerprint density at radius 3 is 2.38 bits per heavy atom. The van der Waals surface area contributed by atoms with E-state index >= 15 is 0 Å². The van der Waals surface area contributed by atoms with Crippen molar-refractivity contribution in [2.24, 2.45) is 11.7 Å². The van der Waals surface area contributed by atoms with Gasteiger partial charge in [0.2, 0.25) is 0 Å². The normalized spacial score (nSPS) is 18.6. The van der Waals surface area contributed by atoms with Crippen LogP contribution in [-0.4, -0.2) is 0 Å². The zero-order valence-electron chi connectivity index (χ0n) is 7.54. The SMILES string of the molecule is NCc1ccc(C(F)C2CC2)cc1. The van der Waals surface area contributed by atoms with Crippen LogP contribution in [0.2, 0.25) is 0 Å². The van der Waals surface area contributed by atoms with Crippen LogP contribution < -0.4 is 5.73 Å². The maximum atomic E-state index is 13.5. The van der Waals surface area contributed by atoms with Crippen molar-refractivity contribution in [1.29, 1.82) is 0 Å². The summed E-state index contributed by atoms with van der Waals surface area (Å²) in [5, 5.41) is 0. The highest BCUT2D eigenvalue weighted by atomic mass is 19.1. The van der Waals surface area contributed by atoms with Crippen LogP contribution in [0.1, 0.15) is 30.1 Å². The second-order valence-electron chi connectivity index (χ2n) is 3.68. The molecule has 1 atom stereocenters. The van der Waals surface area contributed by atoms with Gasteiger partial charge < -0.3 is 5.73 Å². The minimum absolute atomic E-state index is 0.281. The Kier molecular flexibility index (Phi) is 2.32. The van der Waals surface area contributed by atoms with Crippen LogP contribution in [0, 0.1) is 5.92 Å². The van der Waals surface area contributed by atoms with E-state index in [1.807, 2.05) is 24.3 Å². The Morgan fingerprint density at radius 2 is 1.92 bits per heavy atom. The molecule has 1 unspecified atom stereocenters. The molecule has 1 fully saturated rings. The van der Waals surface area contributed by atoms with Gasteiger partial charge in [-0.2, -0.15) is 0 Å². The lowest BCUT2D eigenvalue weighted by molar-refractivity contribution is 0.305. The van der Waals surface area contributed by atoms with E-state index in [4.69, 9.17) is 5.73 Å². The Labute approximate surface area is 77.8 Å². The number of alkyl halides is 1. The summed E-state index contributed by atoms with van der Waals surface area (Å²) in [7, 11) is 0. The summed E-state index contributed by atoms with van der Waals surface area (Å²) in [5.74, 6) is 0.281. The fraction of sp³-hybridized carbons (Fsp3) is 0.455. The Morgan fingerprint density at radius 1 is 1.31 bits per heavy atom. The molecule has 0 spiro atoms. The van der Waals surface area contributed by atoms with Crippen LogP contribution in [0.15, 0.2) is 24.3 Å². The van der Waals surface area contributed by atoms with Crippen LogP contribution in [0.4, 0.5) is 4.39 Å². The quantitative estimate of drug-likeness (QED) is 0.758. The number of hydrogen-bond acceptors (Lipinski definition) is 1. The van der Waals surface area contributed by atoms with Crippen molar-refractivity contribution in [3.63, 3.8) is 0 Å². The van der Waals surface area contributed by atoms with Crippen LogP contribution in [0.5, 0.6) is 0 Å². The van der Waals surface area contributed by atoms with E-state index in [0.717, 1.165) is 24.0 Å². The molecule has 0 amide bonds. The third kappa shape index (κ3) is 1.89. The average molecular weight is 179 g/mol. The summed E-state index contributed by atoms with van der Waals surface area (Å²) < 4.78 is 13.5. The highest BCUT2D eigenvalue weighted by Gasteiger charge is 2.32. The molecular weight excluding hydrogens is 165 g/mol. The smallest absolute Gasteiger partial charge is 0.128 e. The summed E-state index contributed by atoms with van der Waals surface area (Å²) in [4.78, 5) is 0. The number of hydrogen-bond donors (Lipinski definition) is 1. The molecule has 1 saturated carbocycles. The van der Waals surface area contributed by atoms with Gasteiger partial charge in [0, 0.05) is 6.54 Å². The zero-order chi connectivity index (χ0) is 9.26. The first-order chi connectivity index (χ1) is 6.31. The van der Waals surface area contributed by atoms with Crippen molar-refractivity contribution < 1.29 is 4.39 Å². The van der Waals surface area contributed by atoms with Gasteiger partial charge in [-0.3, -0.25) is 0 Å². The van der Waals surface area contributed by atoms with Crippen molar-refractivity contribution in [1.82, 2.24) is 0 Å². The lowest BCUT2D eigenvalue weighted by Gasteiger charge is -2.06. The third-order valence-corrected chi connectivity index (χ3v) is 2.57. The molecule has 1 aliphatic rings. The summed E-state index contributed by atoms with van der Waals surface area (Å²) >= 11 is 0. The topological polar surface area (TPSA) is 26.0 Å². The molecular formula is C11H14FN. The lowest BCUT2D eigenvalue weighted by atomic mass is 10.0. The fourth-order valence-electron chi connectivity index (χ4n) is 1.50. The molecule has 2 N–H and O–H groups in total. The monoisotopic (exact) mass is 179 g/mol. The van der Waals surface area contributed by atoms with Crippen LogP contribution in [0.25, 0.3) is 0 Å². The lowest BCUT2D eigenvalue weighted by Crippen LogP contribution is -1.98. The van der Waals surface area contributed by atoms with Crippen molar-refractivity contribution in [3.8, 4) is 0 Å². The average Bonchev–Trinajstić information content (AvgIpc) is 3.00. The van der Waals surface area contributed by atoms with E-state index in [2.05, 4.69) is 0 Å². The van der Waals surface area contributed by atoms with Gasteiger partial charge in [-0.05, 0) is 29.9 Å². The molecule has 2 rings (SSSR count). The van der Waals surface area contributed by atoms with Gasteiger partial charge in [-0.15, -0.1) is 0 Å². The van der Waals surface area contributed by atoms with Crippen molar-refractivity contribution in [2.75, 3.05) is 0 Å². The van der Waals surface area contributed by atoms with E-state index in [1.54, 1.807) is 0 Å². The van der Waals surface area contributed by atoms with Crippen molar-refractivity contribution >= 4 is 0 Å². The highest BCUT2D eigenvalue weighted by Crippen LogP contribution is 2.43. The summed E-state index contributed by atoms with van der Waals surface area (Å²) in [6, 6.07) is 7.52. The van der Waals surface area contributed by atoms with E-state index in [9.17, 15) is 4.39 Å². The Bertz CT molecular complexity index is 277. The van der Waals surface area contributed by atoms with Gasteiger partial charge in [0.1, 0.15) is 6.17 Å². The molecule has 2 heteroatoms. The summed E-state index contributed by atoms with van der Waals surface area (Å²) in [5.41, 5.74) is 7.32. The van der Waals surface area contributed by atoms with Gasteiger partial charge in [-0.25, -0.2) is 4.39 Å². The fourth-order valence-corrected chi connectivity index (χ4v) is 1.50. The maximum Gasteiger partial charge on any atom is 0.128 e. The Balaban J connectivity index is 2.11. The van der Waals surface area contributed by atoms with Gasteiger partial charge in [0.25, 0.3) is 0 Å². The predicted octanol–water partition coefficient (Wildman–Crippen LogP) is 2.57. The predicted molar refractivity (Wildman–Crippen MR) is 50.9 cm³/mol. The number of nitrogens with two attached hydrogens (primary N) is 1. The number of rotatable bonds is 3. The molecule has 0 heterocycles. The van der Waals surface area contributed by atoms with Crippen LogP contribution in [-0.2, 0) is 6.54 Å². The molecule has 1 aromatic carbocycles. The summed E-state index contributed by atoms with van der Waals surface area (Å²) in [6.45, 7) is 0.528. The largest absolute Gasteiger partial charge is 0.326 e. The molecule has 1 nitrogen and oxygen atoms in total. The standard InChI is InChI=1S/C11H14FN/c12-11(10-5-6-10)9-3-1-8(7-13)2-4-9/h1-4,10-11H,5-7,13H2.